The fourth-order valence-electron chi connectivity index (χ4n) is 3.11. The van der Waals surface area contributed by atoms with Crippen molar-refractivity contribution in [2.24, 2.45) is 0 Å². The Kier molecular flexibility index (Phi) is 5.64. The number of fused-ring (bicyclic) bond motifs is 1. The number of benzene rings is 2. The van der Waals surface area contributed by atoms with Crippen LogP contribution < -0.4 is 11.2 Å². The minimum Gasteiger partial charge on any atom is -0.457 e. The topological polar surface area (TPSA) is 98.2 Å². The first-order valence-corrected chi connectivity index (χ1v) is 10.3. The van der Waals surface area contributed by atoms with Gasteiger partial charge in [0.05, 0.1) is 11.9 Å². The number of rotatable bonds is 6. The first kappa shape index (κ1) is 20.5. The Hall–Kier alpha value is -3.78. The SMILES string of the molecule is CC(=O)c1ccc(Cn2c(=O)[nH]c3sc(C(=O)OCc4ccccc4)cc3c2=O)cc1. The molecule has 0 aliphatic rings. The summed E-state index contributed by atoms with van der Waals surface area (Å²) in [6, 6.07) is 17.4. The van der Waals surface area contributed by atoms with E-state index in [1.54, 1.807) is 24.3 Å². The fourth-order valence-corrected chi connectivity index (χ4v) is 4.04. The van der Waals surface area contributed by atoms with E-state index in [4.69, 9.17) is 4.74 Å². The van der Waals surface area contributed by atoms with Gasteiger partial charge in [0.1, 0.15) is 16.3 Å². The van der Waals surface area contributed by atoms with Crippen molar-refractivity contribution in [3.05, 3.63) is 103 Å². The van der Waals surface area contributed by atoms with Crippen LogP contribution >= 0.6 is 11.3 Å². The molecule has 4 rings (SSSR count). The number of aromatic amines is 1. The third kappa shape index (κ3) is 4.39. The lowest BCUT2D eigenvalue weighted by Gasteiger charge is -2.05. The lowest BCUT2D eigenvalue weighted by atomic mass is 10.1. The molecule has 7 nitrogen and oxygen atoms in total. The highest BCUT2D eigenvalue weighted by atomic mass is 32.1. The minimum atomic E-state index is -0.570. The molecule has 0 saturated carbocycles. The number of carbonyl (C=O) groups is 2. The molecular weight excluding hydrogens is 416 g/mol. The molecule has 0 spiro atoms. The fraction of sp³-hybridized carbons (Fsp3) is 0.130. The van der Waals surface area contributed by atoms with Crippen molar-refractivity contribution >= 4 is 33.3 Å². The molecule has 2 aromatic carbocycles. The molecule has 2 aromatic heterocycles. The molecule has 0 saturated heterocycles. The van der Waals surface area contributed by atoms with Crippen LogP contribution in [0, 0.1) is 0 Å². The number of ketones is 1. The molecule has 8 heteroatoms. The molecule has 31 heavy (non-hydrogen) atoms. The van der Waals surface area contributed by atoms with Crippen molar-refractivity contribution in [1.29, 1.82) is 0 Å². The minimum absolute atomic E-state index is 0.0475. The Bertz CT molecular complexity index is 1380. The van der Waals surface area contributed by atoms with E-state index in [0.717, 1.165) is 21.5 Å². The standard InChI is InChI=1S/C23H18N2O5S/c1-14(26)17-9-7-15(8-10-17)12-25-21(27)18-11-19(31-20(18)24-23(25)29)22(28)30-13-16-5-3-2-4-6-16/h2-11H,12-13H2,1H3,(H,24,29). The zero-order valence-electron chi connectivity index (χ0n) is 16.6. The Balaban J connectivity index is 1.59. The van der Waals surface area contributed by atoms with Gasteiger partial charge < -0.3 is 4.74 Å². The van der Waals surface area contributed by atoms with Gasteiger partial charge in [0.25, 0.3) is 5.56 Å². The van der Waals surface area contributed by atoms with E-state index in [9.17, 15) is 19.2 Å². The molecular formula is C23H18N2O5S. The van der Waals surface area contributed by atoms with E-state index >= 15 is 0 Å². The lowest BCUT2D eigenvalue weighted by Crippen LogP contribution is -2.34. The summed E-state index contributed by atoms with van der Waals surface area (Å²) < 4.78 is 6.38. The molecule has 156 valence electrons. The van der Waals surface area contributed by atoms with Gasteiger partial charge in [-0.2, -0.15) is 0 Å². The van der Waals surface area contributed by atoms with Gasteiger partial charge in [-0.1, -0.05) is 54.6 Å². The molecule has 0 aliphatic heterocycles. The summed E-state index contributed by atoms with van der Waals surface area (Å²) in [5.41, 5.74) is 1.04. The summed E-state index contributed by atoms with van der Waals surface area (Å²) in [4.78, 5) is 52.4. The van der Waals surface area contributed by atoms with Crippen molar-refractivity contribution in [2.45, 2.75) is 20.1 Å². The van der Waals surface area contributed by atoms with Crippen LogP contribution in [0.3, 0.4) is 0 Å². The highest BCUT2D eigenvalue weighted by molar-refractivity contribution is 7.20. The Morgan fingerprint density at radius 3 is 2.39 bits per heavy atom. The van der Waals surface area contributed by atoms with Gasteiger partial charge in [0.15, 0.2) is 5.78 Å². The average molecular weight is 434 g/mol. The van der Waals surface area contributed by atoms with Crippen molar-refractivity contribution in [3.63, 3.8) is 0 Å². The summed E-state index contributed by atoms with van der Waals surface area (Å²) >= 11 is 1.01. The van der Waals surface area contributed by atoms with E-state index in [1.165, 1.54) is 13.0 Å². The van der Waals surface area contributed by atoms with E-state index in [-0.39, 0.29) is 29.2 Å². The molecule has 2 heterocycles. The van der Waals surface area contributed by atoms with E-state index in [2.05, 4.69) is 4.98 Å². The number of ether oxygens (including phenoxy) is 1. The number of esters is 1. The van der Waals surface area contributed by atoms with Crippen LogP contribution in [-0.2, 0) is 17.9 Å². The predicted octanol–water partition coefficient (Wildman–Crippen LogP) is 3.36. The monoisotopic (exact) mass is 434 g/mol. The second-order valence-corrected chi connectivity index (χ2v) is 8.04. The Morgan fingerprint density at radius 2 is 1.71 bits per heavy atom. The van der Waals surface area contributed by atoms with Crippen molar-refractivity contribution in [3.8, 4) is 0 Å². The number of nitrogens with zero attached hydrogens (tertiary/aromatic N) is 1. The second-order valence-electron chi connectivity index (χ2n) is 6.99. The third-order valence-corrected chi connectivity index (χ3v) is 5.82. The second kappa shape index (κ2) is 8.53. The molecule has 0 amide bonds. The van der Waals surface area contributed by atoms with Crippen LogP contribution in [0.15, 0.2) is 70.3 Å². The average Bonchev–Trinajstić information content (AvgIpc) is 3.20. The van der Waals surface area contributed by atoms with Gasteiger partial charge in [-0.3, -0.25) is 19.1 Å². The number of H-pyrrole nitrogens is 1. The van der Waals surface area contributed by atoms with Gasteiger partial charge in [-0.25, -0.2) is 9.59 Å². The van der Waals surface area contributed by atoms with Crippen molar-refractivity contribution in [2.75, 3.05) is 0 Å². The van der Waals surface area contributed by atoms with Gasteiger partial charge >= 0.3 is 11.7 Å². The number of hydrogen-bond acceptors (Lipinski definition) is 6. The first-order chi connectivity index (χ1) is 14.9. The third-order valence-electron chi connectivity index (χ3n) is 4.79. The molecule has 4 aromatic rings. The smallest absolute Gasteiger partial charge is 0.348 e. The normalized spacial score (nSPS) is 10.9. The largest absolute Gasteiger partial charge is 0.457 e. The summed E-state index contributed by atoms with van der Waals surface area (Å²) in [6.45, 7) is 1.63. The summed E-state index contributed by atoms with van der Waals surface area (Å²) in [5, 5.41) is 0.247. The number of hydrogen-bond donors (Lipinski definition) is 1. The van der Waals surface area contributed by atoms with Gasteiger partial charge in [-0.05, 0) is 24.1 Å². The summed E-state index contributed by atoms with van der Waals surface area (Å²) in [5.74, 6) is -0.621. The van der Waals surface area contributed by atoms with Crippen LogP contribution in [0.25, 0.3) is 10.2 Å². The van der Waals surface area contributed by atoms with Crippen LogP contribution in [0.5, 0.6) is 0 Å². The van der Waals surface area contributed by atoms with Gasteiger partial charge in [0.2, 0.25) is 0 Å². The number of carbonyl (C=O) groups excluding carboxylic acids is 2. The zero-order valence-corrected chi connectivity index (χ0v) is 17.4. The van der Waals surface area contributed by atoms with Crippen molar-refractivity contribution < 1.29 is 14.3 Å². The molecule has 0 radical (unpaired) electrons. The van der Waals surface area contributed by atoms with E-state index in [0.29, 0.717) is 16.0 Å². The van der Waals surface area contributed by atoms with Crippen molar-refractivity contribution in [1.82, 2.24) is 9.55 Å². The molecule has 0 atom stereocenters. The molecule has 0 unspecified atom stereocenters. The first-order valence-electron chi connectivity index (χ1n) is 9.50. The van der Waals surface area contributed by atoms with Gasteiger partial charge in [0, 0.05) is 5.56 Å². The number of aromatic nitrogens is 2. The molecule has 0 fully saturated rings. The Morgan fingerprint density at radius 1 is 1.00 bits per heavy atom. The molecule has 0 bridgehead atoms. The maximum Gasteiger partial charge on any atom is 0.348 e. The summed E-state index contributed by atoms with van der Waals surface area (Å²) in [6.07, 6.45) is 0. The quantitative estimate of drug-likeness (QED) is 0.371. The maximum atomic E-state index is 12.9. The predicted molar refractivity (Wildman–Crippen MR) is 118 cm³/mol. The van der Waals surface area contributed by atoms with Crippen LogP contribution in [0.4, 0.5) is 0 Å². The van der Waals surface area contributed by atoms with Gasteiger partial charge in [-0.15, -0.1) is 11.3 Å². The lowest BCUT2D eigenvalue weighted by molar-refractivity contribution is 0.0478. The highest BCUT2D eigenvalue weighted by Crippen LogP contribution is 2.21. The number of thiophene rings is 1. The van der Waals surface area contributed by atoms with Crippen LogP contribution in [0.2, 0.25) is 0 Å². The Labute approximate surface area is 180 Å². The number of Topliss-reactive ketones (excluding diaryl/α,β-unsaturated/α-hetero) is 1. The summed E-state index contributed by atoms with van der Waals surface area (Å²) in [7, 11) is 0. The highest BCUT2D eigenvalue weighted by Gasteiger charge is 2.17. The van der Waals surface area contributed by atoms with E-state index in [1.807, 2.05) is 30.3 Å². The molecule has 1 N–H and O–H groups in total. The van der Waals surface area contributed by atoms with Crippen LogP contribution in [-0.4, -0.2) is 21.3 Å². The van der Waals surface area contributed by atoms with Crippen LogP contribution in [0.1, 0.15) is 38.1 Å². The molecule has 0 aliphatic carbocycles. The number of nitrogens with one attached hydrogen (secondary N) is 1. The maximum absolute atomic E-state index is 12.9. The van der Waals surface area contributed by atoms with E-state index < -0.39 is 17.2 Å². The zero-order chi connectivity index (χ0) is 22.0.